The van der Waals surface area contributed by atoms with Crippen molar-refractivity contribution in [2.24, 2.45) is 5.92 Å². The number of rotatable bonds is 5. The molecule has 1 saturated carbocycles. The highest BCUT2D eigenvalue weighted by atomic mass is 16.5. The van der Waals surface area contributed by atoms with Crippen LogP contribution in [0.2, 0.25) is 0 Å². The second-order valence-corrected chi connectivity index (χ2v) is 7.21. The molecule has 142 valence electrons. The minimum absolute atomic E-state index is 0.135. The molecule has 5 nitrogen and oxygen atoms in total. The SMILES string of the molecule is COc1ccc(C2CC2C(=O)N2CCN(c3ccccc3OC)CC2)cc1. The van der Waals surface area contributed by atoms with Crippen molar-refractivity contribution < 1.29 is 14.3 Å². The zero-order chi connectivity index (χ0) is 18.8. The molecule has 2 fully saturated rings. The number of ether oxygens (including phenoxy) is 2. The van der Waals surface area contributed by atoms with Crippen molar-refractivity contribution in [3.63, 3.8) is 0 Å². The van der Waals surface area contributed by atoms with Gasteiger partial charge in [0.25, 0.3) is 0 Å². The van der Waals surface area contributed by atoms with Crippen LogP contribution >= 0.6 is 0 Å². The lowest BCUT2D eigenvalue weighted by Gasteiger charge is -2.36. The highest BCUT2D eigenvalue weighted by Crippen LogP contribution is 2.48. The predicted octanol–water partition coefficient (Wildman–Crippen LogP) is 3.16. The van der Waals surface area contributed by atoms with E-state index in [4.69, 9.17) is 9.47 Å². The Bertz CT molecular complexity index is 797. The Morgan fingerprint density at radius 3 is 2.30 bits per heavy atom. The van der Waals surface area contributed by atoms with E-state index in [0.717, 1.165) is 49.8 Å². The van der Waals surface area contributed by atoms with Gasteiger partial charge in [0.1, 0.15) is 11.5 Å². The van der Waals surface area contributed by atoms with E-state index < -0.39 is 0 Å². The molecule has 1 aliphatic carbocycles. The van der Waals surface area contributed by atoms with Crippen molar-refractivity contribution in [2.45, 2.75) is 12.3 Å². The zero-order valence-corrected chi connectivity index (χ0v) is 15.9. The fourth-order valence-corrected chi connectivity index (χ4v) is 3.98. The van der Waals surface area contributed by atoms with Crippen molar-refractivity contribution in [3.8, 4) is 11.5 Å². The van der Waals surface area contributed by atoms with Crippen LogP contribution in [-0.4, -0.2) is 51.2 Å². The average molecular weight is 366 g/mol. The van der Waals surface area contributed by atoms with E-state index in [-0.39, 0.29) is 5.92 Å². The number of carbonyl (C=O) groups excluding carboxylic acids is 1. The predicted molar refractivity (Wildman–Crippen MR) is 106 cm³/mol. The molecular weight excluding hydrogens is 340 g/mol. The van der Waals surface area contributed by atoms with Gasteiger partial charge in [0, 0.05) is 32.1 Å². The lowest BCUT2D eigenvalue weighted by molar-refractivity contribution is -0.132. The third kappa shape index (κ3) is 3.59. The molecule has 2 unspecified atom stereocenters. The standard InChI is InChI=1S/C22H26N2O3/c1-26-17-9-7-16(8-10-17)18-15-19(18)22(25)24-13-11-23(12-14-24)20-5-3-4-6-21(20)27-2/h3-10,18-19H,11-15H2,1-2H3. The van der Waals surface area contributed by atoms with E-state index in [1.54, 1.807) is 14.2 Å². The van der Waals surface area contributed by atoms with Gasteiger partial charge in [0.15, 0.2) is 0 Å². The molecule has 27 heavy (non-hydrogen) atoms. The lowest BCUT2D eigenvalue weighted by atomic mass is 10.1. The average Bonchev–Trinajstić information content (AvgIpc) is 3.54. The van der Waals surface area contributed by atoms with Crippen LogP contribution in [0.15, 0.2) is 48.5 Å². The fourth-order valence-electron chi connectivity index (χ4n) is 3.98. The monoisotopic (exact) mass is 366 g/mol. The molecule has 0 spiro atoms. The molecule has 1 heterocycles. The molecule has 4 rings (SSSR count). The Kier molecular flexibility index (Phi) is 4.92. The third-order valence-corrected chi connectivity index (χ3v) is 5.67. The number of carbonyl (C=O) groups is 1. The van der Waals surface area contributed by atoms with Crippen LogP contribution < -0.4 is 14.4 Å². The number of nitrogens with zero attached hydrogens (tertiary/aromatic N) is 2. The molecule has 5 heteroatoms. The molecular formula is C22H26N2O3. The van der Waals surface area contributed by atoms with Crippen LogP contribution in [0.4, 0.5) is 5.69 Å². The summed E-state index contributed by atoms with van der Waals surface area (Å²) in [5.74, 6) is 2.54. The zero-order valence-electron chi connectivity index (χ0n) is 15.9. The summed E-state index contributed by atoms with van der Waals surface area (Å²) in [6.45, 7) is 3.21. The van der Waals surface area contributed by atoms with E-state index in [0.29, 0.717) is 11.8 Å². The Morgan fingerprint density at radius 2 is 1.63 bits per heavy atom. The van der Waals surface area contributed by atoms with Gasteiger partial charge in [-0.3, -0.25) is 4.79 Å². The first kappa shape index (κ1) is 17.7. The normalized spacial score (nSPS) is 21.7. The molecule has 1 aliphatic heterocycles. The Labute approximate surface area is 160 Å². The Morgan fingerprint density at radius 1 is 0.926 bits per heavy atom. The molecule has 1 amide bonds. The molecule has 0 radical (unpaired) electrons. The summed E-state index contributed by atoms with van der Waals surface area (Å²) >= 11 is 0. The molecule has 2 aliphatic rings. The molecule has 2 aromatic rings. The summed E-state index contributed by atoms with van der Waals surface area (Å²) in [5, 5.41) is 0. The van der Waals surface area contributed by atoms with Gasteiger partial charge in [-0.25, -0.2) is 0 Å². The van der Waals surface area contributed by atoms with Gasteiger partial charge >= 0.3 is 0 Å². The molecule has 2 atom stereocenters. The third-order valence-electron chi connectivity index (χ3n) is 5.67. The van der Waals surface area contributed by atoms with Crippen molar-refractivity contribution in [1.82, 2.24) is 4.90 Å². The van der Waals surface area contributed by atoms with Gasteiger partial charge in [-0.2, -0.15) is 0 Å². The summed E-state index contributed by atoms with van der Waals surface area (Å²) in [6, 6.07) is 16.2. The maximum absolute atomic E-state index is 12.9. The van der Waals surface area contributed by atoms with Crippen molar-refractivity contribution >= 4 is 11.6 Å². The van der Waals surface area contributed by atoms with Gasteiger partial charge in [-0.05, 0) is 42.2 Å². The minimum Gasteiger partial charge on any atom is -0.497 e. The number of para-hydroxylation sites is 2. The van der Waals surface area contributed by atoms with Crippen LogP contribution in [0.25, 0.3) is 0 Å². The molecule has 0 bridgehead atoms. The fraction of sp³-hybridized carbons (Fsp3) is 0.409. The summed E-state index contributed by atoms with van der Waals surface area (Å²) in [4.78, 5) is 17.2. The maximum Gasteiger partial charge on any atom is 0.226 e. The highest BCUT2D eigenvalue weighted by Gasteiger charge is 2.46. The number of hydrogen-bond donors (Lipinski definition) is 0. The van der Waals surface area contributed by atoms with E-state index in [1.165, 1.54) is 5.56 Å². The van der Waals surface area contributed by atoms with Crippen LogP contribution in [0.5, 0.6) is 11.5 Å². The van der Waals surface area contributed by atoms with Gasteiger partial charge < -0.3 is 19.3 Å². The van der Waals surface area contributed by atoms with E-state index >= 15 is 0 Å². The number of benzene rings is 2. The topological polar surface area (TPSA) is 42.0 Å². The van der Waals surface area contributed by atoms with Crippen LogP contribution in [-0.2, 0) is 4.79 Å². The largest absolute Gasteiger partial charge is 0.497 e. The first-order valence-corrected chi connectivity index (χ1v) is 9.52. The summed E-state index contributed by atoms with van der Waals surface area (Å²) in [7, 11) is 3.37. The van der Waals surface area contributed by atoms with E-state index in [2.05, 4.69) is 23.1 Å². The molecule has 0 N–H and O–H groups in total. The highest BCUT2D eigenvalue weighted by molar-refractivity contribution is 5.83. The number of amides is 1. The van der Waals surface area contributed by atoms with Crippen molar-refractivity contribution in [3.05, 3.63) is 54.1 Å². The first-order chi connectivity index (χ1) is 13.2. The van der Waals surface area contributed by atoms with Gasteiger partial charge in [0.05, 0.1) is 19.9 Å². The lowest BCUT2D eigenvalue weighted by Crippen LogP contribution is -2.49. The summed E-state index contributed by atoms with van der Waals surface area (Å²) in [5.41, 5.74) is 2.34. The number of anilines is 1. The summed E-state index contributed by atoms with van der Waals surface area (Å²) < 4.78 is 10.7. The van der Waals surface area contributed by atoms with Crippen molar-refractivity contribution in [1.29, 1.82) is 0 Å². The van der Waals surface area contributed by atoms with E-state index in [1.807, 2.05) is 35.2 Å². The minimum atomic E-state index is 0.135. The quantitative estimate of drug-likeness (QED) is 0.815. The number of hydrogen-bond acceptors (Lipinski definition) is 4. The van der Waals surface area contributed by atoms with Crippen LogP contribution in [0.1, 0.15) is 17.9 Å². The first-order valence-electron chi connectivity index (χ1n) is 9.52. The van der Waals surface area contributed by atoms with Gasteiger partial charge in [-0.15, -0.1) is 0 Å². The number of methoxy groups -OCH3 is 2. The van der Waals surface area contributed by atoms with Crippen molar-refractivity contribution in [2.75, 3.05) is 45.3 Å². The van der Waals surface area contributed by atoms with Gasteiger partial charge in [-0.1, -0.05) is 24.3 Å². The molecule has 0 aromatic heterocycles. The van der Waals surface area contributed by atoms with Gasteiger partial charge in [0.2, 0.25) is 5.91 Å². The van der Waals surface area contributed by atoms with E-state index in [9.17, 15) is 4.79 Å². The Balaban J connectivity index is 1.34. The maximum atomic E-state index is 12.9. The van der Waals surface area contributed by atoms with Crippen LogP contribution in [0, 0.1) is 5.92 Å². The van der Waals surface area contributed by atoms with Crippen LogP contribution in [0.3, 0.4) is 0 Å². The Hall–Kier alpha value is -2.69. The molecule has 2 aromatic carbocycles. The smallest absolute Gasteiger partial charge is 0.226 e. The molecule has 1 saturated heterocycles. The summed E-state index contributed by atoms with van der Waals surface area (Å²) in [6.07, 6.45) is 0.956. The second-order valence-electron chi connectivity index (χ2n) is 7.21. The number of piperazine rings is 1. The second kappa shape index (κ2) is 7.51.